The quantitative estimate of drug-likeness (QED) is 0.260. The maximum absolute atomic E-state index is 14.3. The second kappa shape index (κ2) is 12.8. The van der Waals surface area contributed by atoms with Gasteiger partial charge in [-0.05, 0) is 60.0 Å². The van der Waals surface area contributed by atoms with Crippen molar-refractivity contribution in [3.63, 3.8) is 0 Å². The fourth-order valence-electron chi connectivity index (χ4n) is 3.57. The summed E-state index contributed by atoms with van der Waals surface area (Å²) >= 11 is 12.1. The lowest BCUT2D eigenvalue weighted by atomic mass is 9.91. The van der Waals surface area contributed by atoms with Gasteiger partial charge in [-0.2, -0.15) is 0 Å². The van der Waals surface area contributed by atoms with Gasteiger partial charge in [-0.1, -0.05) is 35.3 Å². The molecule has 37 heavy (non-hydrogen) atoms. The molecular formula is C25H25Cl2F3N2O4S. The molecular weight excluding hydrogens is 552 g/mol. The monoisotopic (exact) mass is 576 g/mol. The third-order valence-corrected chi connectivity index (χ3v) is 6.71. The molecule has 0 amide bonds. The Bertz CT molecular complexity index is 1330. The average molecular weight is 577 g/mol. The fraction of sp³-hybridized carbons (Fsp3) is 0.280. The van der Waals surface area contributed by atoms with Gasteiger partial charge in [0.15, 0.2) is 17.5 Å². The number of hydrogen-bond donors (Lipinski definition) is 3. The molecule has 12 heteroatoms. The summed E-state index contributed by atoms with van der Waals surface area (Å²) in [5.74, 6) is -4.03. The van der Waals surface area contributed by atoms with Crippen LogP contribution in [0.3, 0.4) is 0 Å². The van der Waals surface area contributed by atoms with Gasteiger partial charge in [-0.15, -0.1) is 0 Å². The van der Waals surface area contributed by atoms with Crippen molar-refractivity contribution >= 4 is 38.9 Å². The van der Waals surface area contributed by atoms with Gasteiger partial charge < -0.3 is 15.2 Å². The third-order valence-electron chi connectivity index (χ3n) is 5.37. The van der Waals surface area contributed by atoms with Crippen LogP contribution in [0.25, 0.3) is 0 Å². The zero-order valence-corrected chi connectivity index (χ0v) is 22.0. The minimum Gasteiger partial charge on any atom is -0.491 e. The first-order valence-electron chi connectivity index (χ1n) is 11.1. The second-order valence-corrected chi connectivity index (χ2v) is 11.0. The van der Waals surface area contributed by atoms with Crippen LogP contribution in [0, 0.1) is 17.5 Å². The lowest BCUT2D eigenvalue weighted by Gasteiger charge is -2.21. The average Bonchev–Trinajstić information content (AvgIpc) is 2.84. The van der Waals surface area contributed by atoms with Gasteiger partial charge in [0, 0.05) is 24.7 Å². The summed E-state index contributed by atoms with van der Waals surface area (Å²) < 4.78 is 71.9. The molecule has 2 unspecified atom stereocenters. The van der Waals surface area contributed by atoms with Crippen molar-refractivity contribution in [3.05, 3.63) is 93.2 Å². The lowest BCUT2D eigenvalue weighted by molar-refractivity contribution is 0.106. The molecule has 0 fully saturated rings. The molecule has 200 valence electrons. The van der Waals surface area contributed by atoms with Crippen LogP contribution in [0.4, 0.5) is 18.9 Å². The number of nitrogens with one attached hydrogen (secondary N) is 2. The summed E-state index contributed by atoms with van der Waals surface area (Å²) in [5.41, 5.74) is 1.07. The van der Waals surface area contributed by atoms with Gasteiger partial charge in [0.2, 0.25) is 10.0 Å². The van der Waals surface area contributed by atoms with Gasteiger partial charge in [0.1, 0.15) is 18.5 Å². The Hall–Kier alpha value is -2.50. The highest BCUT2D eigenvalue weighted by molar-refractivity contribution is 7.92. The number of hydrogen-bond acceptors (Lipinski definition) is 5. The van der Waals surface area contributed by atoms with Gasteiger partial charge in [0.05, 0.1) is 16.3 Å². The van der Waals surface area contributed by atoms with Gasteiger partial charge >= 0.3 is 0 Å². The molecule has 3 aromatic rings. The van der Waals surface area contributed by atoms with Crippen LogP contribution in [0.1, 0.15) is 17.0 Å². The highest BCUT2D eigenvalue weighted by Crippen LogP contribution is 2.29. The molecule has 2 atom stereocenters. The minimum absolute atomic E-state index is 0.00513. The van der Waals surface area contributed by atoms with E-state index in [4.69, 9.17) is 27.9 Å². The van der Waals surface area contributed by atoms with Gasteiger partial charge in [-0.3, -0.25) is 4.72 Å². The van der Waals surface area contributed by atoms with E-state index in [0.717, 1.165) is 12.3 Å². The maximum atomic E-state index is 14.3. The first-order chi connectivity index (χ1) is 17.4. The first-order valence-corrected chi connectivity index (χ1v) is 13.7. The Balaban J connectivity index is 1.59. The van der Waals surface area contributed by atoms with E-state index in [1.165, 1.54) is 18.2 Å². The maximum Gasteiger partial charge on any atom is 0.229 e. The van der Waals surface area contributed by atoms with E-state index in [1.807, 2.05) is 0 Å². The molecule has 0 spiro atoms. The van der Waals surface area contributed by atoms with Crippen LogP contribution in [0.15, 0.2) is 54.6 Å². The topological polar surface area (TPSA) is 87.7 Å². The molecule has 0 radical (unpaired) electrons. The Morgan fingerprint density at radius 1 is 0.946 bits per heavy atom. The summed E-state index contributed by atoms with van der Waals surface area (Å²) in [7, 11) is -3.39. The Morgan fingerprint density at radius 2 is 1.65 bits per heavy atom. The van der Waals surface area contributed by atoms with Gasteiger partial charge in [0.25, 0.3) is 0 Å². The Morgan fingerprint density at radius 3 is 2.30 bits per heavy atom. The number of rotatable bonds is 12. The molecule has 0 saturated heterocycles. The molecule has 0 saturated carbocycles. The molecule has 6 nitrogen and oxygen atoms in total. The summed E-state index contributed by atoms with van der Waals surface area (Å²) in [6.07, 6.45) is 0.165. The smallest absolute Gasteiger partial charge is 0.229 e. The number of sulfonamides is 1. The number of aliphatic hydroxyl groups is 1. The SMILES string of the molecule is CS(=O)(=O)Nc1ccc(OCC(O)CNCC(Cc2ccc(F)c(F)c2F)c2ccc(Cl)c(Cl)c2)cc1. The predicted molar refractivity (Wildman–Crippen MR) is 139 cm³/mol. The molecule has 0 aromatic heterocycles. The summed E-state index contributed by atoms with van der Waals surface area (Å²) in [4.78, 5) is 0. The van der Waals surface area contributed by atoms with Crippen molar-refractivity contribution in [2.24, 2.45) is 0 Å². The van der Waals surface area contributed by atoms with Crippen molar-refractivity contribution in [1.29, 1.82) is 0 Å². The fourth-order valence-corrected chi connectivity index (χ4v) is 4.44. The number of benzene rings is 3. The van der Waals surface area contributed by atoms with Crippen LogP contribution in [0.2, 0.25) is 10.0 Å². The van der Waals surface area contributed by atoms with Gasteiger partial charge in [-0.25, -0.2) is 21.6 Å². The molecule has 0 aliphatic carbocycles. The first kappa shape index (κ1) is 29.1. The molecule has 0 aliphatic rings. The van der Waals surface area contributed by atoms with Crippen LogP contribution in [-0.2, 0) is 16.4 Å². The predicted octanol–water partition coefficient (Wildman–Crippen LogP) is 5.14. The van der Waals surface area contributed by atoms with Crippen molar-refractivity contribution in [2.75, 3.05) is 30.7 Å². The van der Waals surface area contributed by atoms with Crippen LogP contribution in [0.5, 0.6) is 5.75 Å². The van der Waals surface area contributed by atoms with E-state index in [9.17, 15) is 26.7 Å². The summed E-state index contributed by atoms with van der Waals surface area (Å²) in [5, 5.41) is 14.0. The van der Waals surface area contributed by atoms with E-state index in [0.29, 0.717) is 27.0 Å². The van der Waals surface area contributed by atoms with E-state index < -0.39 is 39.5 Å². The van der Waals surface area contributed by atoms with E-state index in [2.05, 4.69) is 10.0 Å². The second-order valence-electron chi connectivity index (χ2n) is 8.43. The zero-order valence-electron chi connectivity index (χ0n) is 19.6. The van der Waals surface area contributed by atoms with Crippen LogP contribution >= 0.6 is 23.2 Å². The Labute approximate surface area is 223 Å². The zero-order chi connectivity index (χ0) is 27.2. The number of ether oxygens (including phenoxy) is 1. The highest BCUT2D eigenvalue weighted by Gasteiger charge is 2.20. The van der Waals surface area contributed by atoms with E-state index >= 15 is 0 Å². The van der Waals surface area contributed by atoms with Crippen molar-refractivity contribution in [2.45, 2.75) is 18.4 Å². The number of anilines is 1. The molecule has 0 bridgehead atoms. The normalized spacial score (nSPS) is 13.3. The molecule has 0 aliphatic heterocycles. The van der Waals surface area contributed by atoms with E-state index in [1.54, 1.807) is 30.3 Å². The largest absolute Gasteiger partial charge is 0.491 e. The van der Waals surface area contributed by atoms with Crippen LogP contribution < -0.4 is 14.8 Å². The summed E-state index contributed by atoms with van der Waals surface area (Å²) in [6, 6.07) is 13.2. The number of aliphatic hydroxyl groups excluding tert-OH is 1. The van der Waals surface area contributed by atoms with Crippen LogP contribution in [-0.4, -0.2) is 45.6 Å². The molecule has 3 rings (SSSR count). The third kappa shape index (κ3) is 8.79. The minimum atomic E-state index is -3.39. The molecule has 0 heterocycles. The van der Waals surface area contributed by atoms with Crippen molar-refractivity contribution < 1.29 is 31.4 Å². The number of halogens is 5. The highest BCUT2D eigenvalue weighted by atomic mass is 35.5. The van der Waals surface area contributed by atoms with Crippen molar-refractivity contribution in [1.82, 2.24) is 5.32 Å². The van der Waals surface area contributed by atoms with Crippen molar-refractivity contribution in [3.8, 4) is 5.75 Å². The Kier molecular flexibility index (Phi) is 10.1. The molecule has 3 N–H and O–H groups in total. The van der Waals surface area contributed by atoms with E-state index in [-0.39, 0.29) is 31.7 Å². The lowest BCUT2D eigenvalue weighted by Crippen LogP contribution is -2.34. The standard InChI is InChI=1S/C25H25Cl2F3N2O4S/c1-37(34,35)32-18-4-6-20(7-5-18)36-14-19(33)13-31-12-17(15-2-8-21(26)22(27)11-15)10-16-3-9-23(28)25(30)24(16)29/h2-9,11,17,19,31-33H,10,12-14H2,1H3. The molecule has 3 aromatic carbocycles. The summed E-state index contributed by atoms with van der Waals surface area (Å²) in [6.45, 7) is 0.312.